The fraction of sp³-hybridized carbons (Fsp3) is 0.471. The summed E-state index contributed by atoms with van der Waals surface area (Å²) in [6.07, 6.45) is 4.06. The number of rotatable bonds is 6. The third-order valence-electron chi connectivity index (χ3n) is 3.79. The van der Waals surface area contributed by atoms with Crippen LogP contribution in [0.15, 0.2) is 43.0 Å². The Hall–Kier alpha value is -1.37. The zero-order chi connectivity index (χ0) is 18.0. The van der Waals surface area contributed by atoms with Gasteiger partial charge in [-0.25, -0.2) is 13.4 Å². The van der Waals surface area contributed by atoms with Gasteiger partial charge in [-0.3, -0.25) is 0 Å². The van der Waals surface area contributed by atoms with E-state index in [0.717, 1.165) is 5.56 Å². The van der Waals surface area contributed by atoms with Gasteiger partial charge in [-0.2, -0.15) is 0 Å². The minimum absolute atomic E-state index is 0.387. The van der Waals surface area contributed by atoms with Crippen molar-refractivity contribution in [2.75, 3.05) is 6.61 Å². The van der Waals surface area contributed by atoms with Crippen LogP contribution in [0.1, 0.15) is 44.7 Å². The molecule has 0 saturated carbocycles. The molecule has 0 aliphatic heterocycles. The summed E-state index contributed by atoms with van der Waals surface area (Å²) in [4.78, 5) is 4.01. The molecule has 0 radical (unpaired) electrons. The molecule has 2 unspecified atom stereocenters. The lowest BCUT2D eigenvalue weighted by molar-refractivity contribution is 0.0439. The molecule has 0 aliphatic carbocycles. The first-order valence-corrected chi connectivity index (χ1v) is 9.69. The number of ether oxygens (including phenoxy) is 1. The van der Waals surface area contributed by atoms with Gasteiger partial charge in [0.15, 0.2) is 15.2 Å². The smallest absolute Gasteiger partial charge is 0.179 e. The van der Waals surface area contributed by atoms with E-state index in [1.165, 1.54) is 6.33 Å². The number of hydrogen-bond acceptors (Lipinski definition) is 4. The highest BCUT2D eigenvalue weighted by atomic mass is 35.5. The van der Waals surface area contributed by atoms with Gasteiger partial charge in [0.25, 0.3) is 0 Å². The average molecular weight is 371 g/mol. The summed E-state index contributed by atoms with van der Waals surface area (Å²) < 4.78 is 33.0. The normalized spacial score (nSPS) is 15.2. The van der Waals surface area contributed by atoms with Gasteiger partial charge in [-0.15, -0.1) is 0 Å². The summed E-state index contributed by atoms with van der Waals surface area (Å²) in [5, 5.41) is -0.326. The van der Waals surface area contributed by atoms with Crippen LogP contribution in [0.2, 0.25) is 5.02 Å². The standard InChI is InChI=1S/C17H23ClN2O3S/c1-5-23-15(13-6-8-14(18)9-7-13)16(20-11-10-19-12-20)24(21,22)17(2,3)4/h6-12,15-16H,5H2,1-4H3. The first kappa shape index (κ1) is 19.0. The van der Waals surface area contributed by atoms with Crippen molar-refractivity contribution in [3.05, 3.63) is 53.6 Å². The Morgan fingerprint density at radius 2 is 1.88 bits per heavy atom. The molecule has 0 amide bonds. The van der Waals surface area contributed by atoms with E-state index < -0.39 is 26.1 Å². The zero-order valence-electron chi connectivity index (χ0n) is 14.3. The van der Waals surface area contributed by atoms with Crippen molar-refractivity contribution < 1.29 is 13.2 Å². The number of imidazole rings is 1. The van der Waals surface area contributed by atoms with E-state index in [4.69, 9.17) is 16.3 Å². The van der Waals surface area contributed by atoms with E-state index in [9.17, 15) is 8.42 Å². The molecule has 0 spiro atoms. The summed E-state index contributed by atoms with van der Waals surface area (Å²) in [5.74, 6) is 0. The maximum absolute atomic E-state index is 13.3. The molecule has 2 aromatic rings. The second-order valence-corrected chi connectivity index (χ2v) is 9.72. The highest BCUT2D eigenvalue weighted by Gasteiger charge is 2.43. The number of hydrogen-bond donors (Lipinski definition) is 0. The molecule has 2 rings (SSSR count). The highest BCUT2D eigenvalue weighted by Crippen LogP contribution is 2.39. The minimum atomic E-state index is -3.58. The molecule has 0 fully saturated rings. The monoisotopic (exact) mass is 370 g/mol. The molecule has 1 heterocycles. The molecule has 0 bridgehead atoms. The number of nitrogens with zero attached hydrogens (tertiary/aromatic N) is 2. The first-order chi connectivity index (χ1) is 11.2. The Kier molecular flexibility index (Phi) is 5.73. The SMILES string of the molecule is CCOC(c1ccc(Cl)cc1)C(n1ccnc1)S(=O)(=O)C(C)(C)C. The lowest BCUT2D eigenvalue weighted by Gasteiger charge is -2.33. The molecule has 1 aromatic carbocycles. The van der Waals surface area contributed by atoms with E-state index in [2.05, 4.69) is 4.98 Å². The molecule has 0 N–H and O–H groups in total. The molecule has 2 atom stereocenters. The van der Waals surface area contributed by atoms with Gasteiger partial charge in [0.2, 0.25) is 0 Å². The molecule has 7 heteroatoms. The van der Waals surface area contributed by atoms with Gasteiger partial charge in [0, 0.05) is 24.0 Å². The molecule has 132 valence electrons. The van der Waals surface area contributed by atoms with E-state index in [1.807, 2.05) is 6.92 Å². The maximum atomic E-state index is 13.3. The van der Waals surface area contributed by atoms with Crippen LogP contribution < -0.4 is 0 Å². The van der Waals surface area contributed by atoms with E-state index in [1.54, 1.807) is 62.0 Å². The van der Waals surface area contributed by atoms with Gasteiger partial charge in [-0.1, -0.05) is 23.7 Å². The van der Waals surface area contributed by atoms with Crippen molar-refractivity contribution in [3.8, 4) is 0 Å². The van der Waals surface area contributed by atoms with Crippen molar-refractivity contribution in [3.63, 3.8) is 0 Å². The zero-order valence-corrected chi connectivity index (χ0v) is 15.9. The Bertz CT molecular complexity index is 750. The topological polar surface area (TPSA) is 61.2 Å². The van der Waals surface area contributed by atoms with E-state index in [-0.39, 0.29) is 0 Å². The van der Waals surface area contributed by atoms with Gasteiger partial charge in [0.05, 0.1) is 11.1 Å². The molecule has 0 aliphatic rings. The molecular weight excluding hydrogens is 348 g/mol. The summed E-state index contributed by atoms with van der Waals surface area (Å²) in [5.41, 5.74) is 0.757. The van der Waals surface area contributed by atoms with Crippen LogP contribution in [0.4, 0.5) is 0 Å². The average Bonchev–Trinajstić information content (AvgIpc) is 3.00. The van der Waals surface area contributed by atoms with Crippen LogP contribution in [0.25, 0.3) is 0 Å². The first-order valence-electron chi connectivity index (χ1n) is 7.76. The number of benzene rings is 1. The van der Waals surface area contributed by atoms with Crippen molar-refractivity contribution in [1.29, 1.82) is 0 Å². The van der Waals surface area contributed by atoms with Crippen LogP contribution in [0, 0.1) is 0 Å². The van der Waals surface area contributed by atoms with Crippen LogP contribution in [0.3, 0.4) is 0 Å². The highest BCUT2D eigenvalue weighted by molar-refractivity contribution is 7.92. The predicted molar refractivity (Wildman–Crippen MR) is 95.8 cm³/mol. The van der Waals surface area contributed by atoms with E-state index >= 15 is 0 Å². The predicted octanol–water partition coefficient (Wildman–Crippen LogP) is 4.03. The van der Waals surface area contributed by atoms with Crippen molar-refractivity contribution in [2.24, 2.45) is 0 Å². The summed E-state index contributed by atoms with van der Waals surface area (Å²) in [6.45, 7) is 7.31. The fourth-order valence-corrected chi connectivity index (χ4v) is 4.29. The van der Waals surface area contributed by atoms with Gasteiger partial charge < -0.3 is 9.30 Å². The van der Waals surface area contributed by atoms with Crippen molar-refractivity contribution in [1.82, 2.24) is 9.55 Å². The number of aromatic nitrogens is 2. The van der Waals surface area contributed by atoms with Crippen LogP contribution in [0.5, 0.6) is 0 Å². The molecule has 0 saturated heterocycles. The second kappa shape index (κ2) is 7.25. The Morgan fingerprint density at radius 3 is 2.33 bits per heavy atom. The molecule has 1 aromatic heterocycles. The van der Waals surface area contributed by atoms with E-state index in [0.29, 0.717) is 11.6 Å². The lowest BCUT2D eigenvalue weighted by atomic mass is 10.1. The third kappa shape index (κ3) is 3.82. The Labute approximate surface area is 148 Å². The van der Waals surface area contributed by atoms with Gasteiger partial charge in [0.1, 0.15) is 6.10 Å². The summed E-state index contributed by atoms with van der Waals surface area (Å²) in [6, 6.07) is 7.06. The summed E-state index contributed by atoms with van der Waals surface area (Å²) in [7, 11) is -3.58. The minimum Gasteiger partial charge on any atom is -0.371 e. The van der Waals surface area contributed by atoms with Crippen LogP contribution in [-0.4, -0.2) is 29.3 Å². The summed E-state index contributed by atoms with van der Waals surface area (Å²) >= 11 is 5.96. The molecule has 24 heavy (non-hydrogen) atoms. The van der Waals surface area contributed by atoms with Crippen LogP contribution in [-0.2, 0) is 14.6 Å². The quantitative estimate of drug-likeness (QED) is 0.770. The number of sulfone groups is 1. The maximum Gasteiger partial charge on any atom is 0.179 e. The van der Waals surface area contributed by atoms with Crippen LogP contribution >= 0.6 is 11.6 Å². The van der Waals surface area contributed by atoms with Crippen molar-refractivity contribution in [2.45, 2.75) is 43.9 Å². The van der Waals surface area contributed by atoms with Gasteiger partial charge >= 0.3 is 0 Å². The lowest BCUT2D eigenvalue weighted by Crippen LogP contribution is -2.38. The van der Waals surface area contributed by atoms with Gasteiger partial charge in [-0.05, 0) is 45.4 Å². The Morgan fingerprint density at radius 1 is 1.25 bits per heavy atom. The third-order valence-corrected chi connectivity index (χ3v) is 6.88. The fourth-order valence-electron chi connectivity index (χ4n) is 2.44. The largest absolute Gasteiger partial charge is 0.371 e. The molecule has 5 nitrogen and oxygen atoms in total. The second-order valence-electron chi connectivity index (χ2n) is 6.49. The Balaban J connectivity index is 2.61. The number of halogens is 1. The van der Waals surface area contributed by atoms with Crippen molar-refractivity contribution >= 4 is 21.4 Å². The molecular formula is C17H23ClN2O3S.